The lowest BCUT2D eigenvalue weighted by Gasteiger charge is -2.25. The lowest BCUT2D eigenvalue weighted by Crippen LogP contribution is -2.54. The largest absolute Gasteiger partial charge is 0.481 e. The Labute approximate surface area is 222 Å². The second-order valence-corrected chi connectivity index (χ2v) is 8.86. The number of benzene rings is 2. The second-order valence-electron chi connectivity index (χ2n) is 8.86. The van der Waals surface area contributed by atoms with Crippen molar-refractivity contribution in [3.05, 3.63) is 66.5 Å². The van der Waals surface area contributed by atoms with Crippen molar-refractivity contribution in [3.63, 3.8) is 0 Å². The molecule has 4 rings (SSSR count). The molecule has 2 atom stereocenters. The van der Waals surface area contributed by atoms with Crippen molar-refractivity contribution in [2.45, 2.75) is 25.4 Å². The van der Waals surface area contributed by atoms with E-state index in [1.54, 1.807) is 42.5 Å². The first-order valence-corrected chi connectivity index (χ1v) is 12.0. The summed E-state index contributed by atoms with van der Waals surface area (Å²) in [4.78, 5) is 81.4. The minimum Gasteiger partial charge on any atom is -0.481 e. The van der Waals surface area contributed by atoms with Crippen LogP contribution in [0.25, 0.3) is 10.8 Å². The SMILES string of the molecule is CC(=O)N1CC(NC(=O)c2nccc3ccccc23)C(=O)N(CC(=O)NC(C=O)CC(=O)O)c2ccccc21. The smallest absolute Gasteiger partial charge is 0.305 e. The Kier molecular flexibility index (Phi) is 7.94. The van der Waals surface area contributed by atoms with Crippen LogP contribution < -0.4 is 20.4 Å². The quantitative estimate of drug-likeness (QED) is 0.361. The van der Waals surface area contributed by atoms with Crippen LogP contribution in [0.15, 0.2) is 60.8 Å². The van der Waals surface area contributed by atoms with E-state index >= 15 is 0 Å². The molecule has 3 N–H and O–H groups in total. The third-order valence-corrected chi connectivity index (χ3v) is 6.17. The lowest BCUT2D eigenvalue weighted by molar-refractivity contribution is -0.139. The van der Waals surface area contributed by atoms with E-state index in [1.165, 1.54) is 18.0 Å². The number of hydrogen-bond donors (Lipinski definition) is 3. The molecule has 200 valence electrons. The molecule has 2 aromatic carbocycles. The average molecular weight is 532 g/mol. The van der Waals surface area contributed by atoms with E-state index in [0.29, 0.717) is 17.4 Å². The van der Waals surface area contributed by atoms with Crippen molar-refractivity contribution in [1.82, 2.24) is 15.6 Å². The fourth-order valence-electron chi connectivity index (χ4n) is 4.40. The van der Waals surface area contributed by atoms with Gasteiger partial charge in [-0.05, 0) is 23.6 Å². The van der Waals surface area contributed by atoms with Crippen LogP contribution in [0.3, 0.4) is 0 Å². The van der Waals surface area contributed by atoms with Gasteiger partial charge in [-0.1, -0.05) is 36.4 Å². The topological polar surface area (TPSA) is 166 Å². The monoisotopic (exact) mass is 531 g/mol. The number of amides is 4. The van der Waals surface area contributed by atoms with Crippen LogP contribution in [0.1, 0.15) is 23.8 Å². The van der Waals surface area contributed by atoms with Crippen LogP contribution in [0.4, 0.5) is 11.4 Å². The maximum absolute atomic E-state index is 13.8. The van der Waals surface area contributed by atoms with Gasteiger partial charge >= 0.3 is 5.97 Å². The van der Waals surface area contributed by atoms with Crippen LogP contribution in [0.5, 0.6) is 0 Å². The van der Waals surface area contributed by atoms with Crippen LogP contribution in [-0.2, 0) is 24.0 Å². The minimum atomic E-state index is -1.30. The Morgan fingerprint density at radius 1 is 1.08 bits per heavy atom. The number of aldehydes is 1. The fourth-order valence-corrected chi connectivity index (χ4v) is 4.40. The first kappa shape index (κ1) is 26.9. The highest BCUT2D eigenvalue weighted by atomic mass is 16.4. The summed E-state index contributed by atoms with van der Waals surface area (Å²) < 4.78 is 0. The van der Waals surface area contributed by atoms with E-state index in [1.807, 2.05) is 12.1 Å². The summed E-state index contributed by atoms with van der Waals surface area (Å²) in [5, 5.41) is 15.3. The normalized spacial score (nSPS) is 15.6. The summed E-state index contributed by atoms with van der Waals surface area (Å²) in [7, 11) is 0. The molecule has 2 heterocycles. The number of rotatable bonds is 8. The van der Waals surface area contributed by atoms with Crippen LogP contribution in [0, 0.1) is 0 Å². The number of carboxylic acid groups (broad SMARTS) is 1. The van der Waals surface area contributed by atoms with E-state index in [9.17, 15) is 28.8 Å². The number of carbonyl (C=O) groups excluding carboxylic acids is 5. The predicted octanol–water partition coefficient (Wildman–Crippen LogP) is 0.891. The van der Waals surface area contributed by atoms with E-state index in [4.69, 9.17) is 5.11 Å². The van der Waals surface area contributed by atoms with Gasteiger partial charge in [-0.2, -0.15) is 0 Å². The number of pyridine rings is 1. The number of carboxylic acids is 1. The van der Waals surface area contributed by atoms with E-state index in [2.05, 4.69) is 15.6 Å². The molecule has 12 nitrogen and oxygen atoms in total. The third kappa shape index (κ3) is 5.90. The molecule has 0 bridgehead atoms. The minimum absolute atomic E-state index is 0.0869. The molecule has 3 aromatic rings. The molecule has 12 heteroatoms. The number of anilines is 2. The molecule has 1 aromatic heterocycles. The van der Waals surface area contributed by atoms with E-state index < -0.39 is 54.6 Å². The number of aliphatic carboxylic acids is 1. The number of aromatic nitrogens is 1. The van der Waals surface area contributed by atoms with Crippen molar-refractivity contribution in [2.75, 3.05) is 22.9 Å². The van der Waals surface area contributed by atoms with Gasteiger partial charge in [0.1, 0.15) is 24.6 Å². The van der Waals surface area contributed by atoms with Gasteiger partial charge in [0, 0.05) is 18.5 Å². The molecule has 0 fully saturated rings. The van der Waals surface area contributed by atoms with Crippen molar-refractivity contribution in [2.24, 2.45) is 0 Å². The van der Waals surface area contributed by atoms with Gasteiger partial charge in [0.05, 0.1) is 30.4 Å². The van der Waals surface area contributed by atoms with Crippen molar-refractivity contribution in [3.8, 4) is 0 Å². The molecule has 39 heavy (non-hydrogen) atoms. The molecule has 0 radical (unpaired) electrons. The Morgan fingerprint density at radius 3 is 2.46 bits per heavy atom. The van der Waals surface area contributed by atoms with E-state index in [-0.39, 0.29) is 17.9 Å². The predicted molar refractivity (Wildman–Crippen MR) is 140 cm³/mol. The van der Waals surface area contributed by atoms with Crippen molar-refractivity contribution < 1.29 is 33.9 Å². The average Bonchev–Trinajstić information content (AvgIpc) is 3.02. The first-order chi connectivity index (χ1) is 18.7. The molecule has 0 saturated heterocycles. The lowest BCUT2D eigenvalue weighted by atomic mass is 10.1. The molecule has 1 aliphatic heterocycles. The number of carbonyl (C=O) groups is 6. The Balaban J connectivity index is 1.67. The maximum atomic E-state index is 13.8. The molecule has 2 unspecified atom stereocenters. The summed E-state index contributed by atoms with van der Waals surface area (Å²) in [6.07, 6.45) is 1.14. The third-order valence-electron chi connectivity index (χ3n) is 6.17. The number of hydrogen-bond acceptors (Lipinski definition) is 7. The standard InChI is InChI=1S/C27H25N5O7/c1-16(34)31-13-20(30-26(38)25-19-7-3-2-6-17(19)10-11-28-25)27(39)32(22-9-5-4-8-21(22)31)14-23(35)29-18(15-33)12-24(36)37/h2-11,15,18,20H,12-14H2,1H3,(H,29,35)(H,30,38)(H,36,37). The van der Waals surface area contributed by atoms with Crippen LogP contribution >= 0.6 is 0 Å². The number of fused-ring (bicyclic) bond motifs is 2. The summed E-state index contributed by atoms with van der Waals surface area (Å²) in [6.45, 7) is 0.509. The van der Waals surface area contributed by atoms with Crippen molar-refractivity contribution >= 4 is 58.0 Å². The molecule has 1 aliphatic rings. The van der Waals surface area contributed by atoms with Gasteiger partial charge < -0.3 is 25.4 Å². The second kappa shape index (κ2) is 11.5. The van der Waals surface area contributed by atoms with Gasteiger partial charge in [0.15, 0.2) is 0 Å². The zero-order chi connectivity index (χ0) is 28.1. The molecule has 0 spiro atoms. The van der Waals surface area contributed by atoms with Gasteiger partial charge in [-0.15, -0.1) is 0 Å². The molecular formula is C27H25N5O7. The zero-order valence-corrected chi connectivity index (χ0v) is 20.9. The summed E-state index contributed by atoms with van der Waals surface area (Å²) in [5.41, 5.74) is 0.654. The highest BCUT2D eigenvalue weighted by molar-refractivity contribution is 6.12. The number of para-hydroxylation sites is 2. The Hall–Kier alpha value is -5.13. The van der Waals surface area contributed by atoms with Gasteiger partial charge in [0.2, 0.25) is 11.8 Å². The zero-order valence-electron chi connectivity index (χ0n) is 20.9. The van der Waals surface area contributed by atoms with Gasteiger partial charge in [-0.25, -0.2) is 0 Å². The summed E-state index contributed by atoms with van der Waals surface area (Å²) in [5.74, 6) is -3.81. The highest BCUT2D eigenvalue weighted by Crippen LogP contribution is 2.33. The van der Waals surface area contributed by atoms with Gasteiger partial charge in [-0.3, -0.25) is 33.9 Å². The Morgan fingerprint density at radius 2 is 1.77 bits per heavy atom. The molecule has 4 amide bonds. The Bertz CT molecular complexity index is 1470. The first-order valence-electron chi connectivity index (χ1n) is 12.0. The molecule has 0 saturated carbocycles. The number of nitrogens with zero attached hydrogens (tertiary/aromatic N) is 3. The fraction of sp³-hybridized carbons (Fsp3) is 0.222. The number of nitrogens with one attached hydrogen (secondary N) is 2. The molecular weight excluding hydrogens is 506 g/mol. The molecule has 0 aliphatic carbocycles. The maximum Gasteiger partial charge on any atom is 0.305 e. The summed E-state index contributed by atoms with van der Waals surface area (Å²) in [6, 6.07) is 12.7. The van der Waals surface area contributed by atoms with E-state index in [0.717, 1.165) is 10.3 Å². The summed E-state index contributed by atoms with van der Waals surface area (Å²) >= 11 is 0. The highest BCUT2D eigenvalue weighted by Gasteiger charge is 2.37. The van der Waals surface area contributed by atoms with Crippen LogP contribution in [-0.4, -0.2) is 71.1 Å². The van der Waals surface area contributed by atoms with Gasteiger partial charge in [0.25, 0.3) is 11.8 Å². The van der Waals surface area contributed by atoms with Crippen LogP contribution in [0.2, 0.25) is 0 Å². The van der Waals surface area contributed by atoms with Crippen molar-refractivity contribution in [1.29, 1.82) is 0 Å².